The van der Waals surface area contributed by atoms with E-state index in [1.165, 1.54) is 0 Å². The van der Waals surface area contributed by atoms with E-state index in [2.05, 4.69) is 42.0 Å². The fourth-order valence-corrected chi connectivity index (χ4v) is 1.56. The number of terminal acetylenes is 1. The molecule has 0 aromatic carbocycles. The van der Waals surface area contributed by atoms with Gasteiger partial charge in [-0.25, -0.2) is 9.97 Å². The summed E-state index contributed by atoms with van der Waals surface area (Å²) < 4.78 is 0. The summed E-state index contributed by atoms with van der Waals surface area (Å²) in [5.41, 5.74) is 0.762. The molecule has 4 heteroatoms. The zero-order valence-electron chi connectivity index (χ0n) is 11.5. The molecule has 1 N–H and O–H groups in total. The molecule has 0 saturated heterocycles. The molecule has 0 amide bonds. The van der Waals surface area contributed by atoms with Crippen molar-refractivity contribution < 1.29 is 0 Å². The second kappa shape index (κ2) is 6.06. The SMILES string of the molecule is C#CCCCNc1nc(C(C)(C)C)nc(Cl)c1C. The van der Waals surface area contributed by atoms with Gasteiger partial charge in [-0.15, -0.1) is 12.3 Å². The summed E-state index contributed by atoms with van der Waals surface area (Å²) in [5.74, 6) is 4.17. The van der Waals surface area contributed by atoms with Crippen LogP contribution in [0.3, 0.4) is 0 Å². The maximum Gasteiger partial charge on any atom is 0.137 e. The first-order valence-electron chi connectivity index (χ1n) is 6.08. The maximum atomic E-state index is 6.14. The van der Waals surface area contributed by atoms with Crippen LogP contribution in [0.25, 0.3) is 0 Å². The average Bonchev–Trinajstić information content (AvgIpc) is 2.28. The van der Waals surface area contributed by atoms with E-state index >= 15 is 0 Å². The van der Waals surface area contributed by atoms with Gasteiger partial charge in [-0.1, -0.05) is 32.4 Å². The average molecular weight is 266 g/mol. The highest BCUT2D eigenvalue weighted by Gasteiger charge is 2.20. The third kappa shape index (κ3) is 3.89. The van der Waals surface area contributed by atoms with Crippen molar-refractivity contribution in [2.24, 2.45) is 0 Å². The van der Waals surface area contributed by atoms with Crippen molar-refractivity contribution in [3.8, 4) is 12.3 Å². The molecular formula is C14H20ClN3. The molecule has 1 aromatic heterocycles. The standard InChI is InChI=1S/C14H20ClN3/c1-6-7-8-9-16-12-10(2)11(15)17-13(18-12)14(3,4)5/h1H,7-9H2,2-5H3,(H,16,17,18). The molecule has 0 atom stereocenters. The van der Waals surface area contributed by atoms with Crippen LogP contribution in [-0.4, -0.2) is 16.5 Å². The first-order chi connectivity index (χ1) is 8.36. The maximum absolute atomic E-state index is 6.14. The first-order valence-corrected chi connectivity index (χ1v) is 6.46. The summed E-state index contributed by atoms with van der Waals surface area (Å²) >= 11 is 6.14. The third-order valence-corrected chi connectivity index (χ3v) is 2.92. The molecule has 0 radical (unpaired) electrons. The van der Waals surface area contributed by atoms with Crippen molar-refractivity contribution >= 4 is 17.4 Å². The predicted molar refractivity (Wildman–Crippen MR) is 77.0 cm³/mol. The van der Waals surface area contributed by atoms with Gasteiger partial charge >= 0.3 is 0 Å². The number of unbranched alkanes of at least 4 members (excludes halogenated alkanes) is 1. The molecule has 18 heavy (non-hydrogen) atoms. The lowest BCUT2D eigenvalue weighted by Gasteiger charge is -2.19. The Morgan fingerprint density at radius 2 is 2.00 bits per heavy atom. The van der Waals surface area contributed by atoms with Crippen LogP contribution in [-0.2, 0) is 5.41 Å². The van der Waals surface area contributed by atoms with Crippen LogP contribution >= 0.6 is 11.6 Å². The zero-order valence-corrected chi connectivity index (χ0v) is 12.2. The predicted octanol–water partition coefficient (Wildman–Crippen LogP) is 3.56. The zero-order chi connectivity index (χ0) is 13.8. The molecule has 0 unspecified atom stereocenters. The van der Waals surface area contributed by atoms with Gasteiger partial charge in [-0.3, -0.25) is 0 Å². The van der Waals surface area contributed by atoms with Crippen molar-refractivity contribution in [2.75, 3.05) is 11.9 Å². The van der Waals surface area contributed by atoms with E-state index in [1.807, 2.05) is 6.92 Å². The molecule has 0 aliphatic rings. The highest BCUT2D eigenvalue weighted by Crippen LogP contribution is 2.25. The molecule has 1 aromatic rings. The number of anilines is 1. The largest absolute Gasteiger partial charge is 0.370 e. The van der Waals surface area contributed by atoms with Crippen LogP contribution in [0.15, 0.2) is 0 Å². The molecular weight excluding hydrogens is 246 g/mol. The van der Waals surface area contributed by atoms with E-state index in [-0.39, 0.29) is 5.41 Å². The van der Waals surface area contributed by atoms with Gasteiger partial charge in [0.1, 0.15) is 16.8 Å². The van der Waals surface area contributed by atoms with Gasteiger partial charge in [0.15, 0.2) is 0 Å². The number of aromatic nitrogens is 2. The minimum atomic E-state index is -0.118. The number of hydrogen-bond acceptors (Lipinski definition) is 3. The highest BCUT2D eigenvalue weighted by molar-refractivity contribution is 6.30. The number of nitrogens with one attached hydrogen (secondary N) is 1. The molecule has 3 nitrogen and oxygen atoms in total. The molecule has 0 fully saturated rings. The topological polar surface area (TPSA) is 37.8 Å². The van der Waals surface area contributed by atoms with Crippen LogP contribution in [0.1, 0.15) is 45.0 Å². The van der Waals surface area contributed by atoms with E-state index in [9.17, 15) is 0 Å². The second-order valence-electron chi connectivity index (χ2n) is 5.30. The lowest BCUT2D eigenvalue weighted by atomic mass is 9.95. The van der Waals surface area contributed by atoms with E-state index < -0.39 is 0 Å². The van der Waals surface area contributed by atoms with Crippen LogP contribution < -0.4 is 5.32 Å². The summed E-state index contributed by atoms with van der Waals surface area (Å²) in [7, 11) is 0. The van der Waals surface area contributed by atoms with Crippen molar-refractivity contribution in [1.29, 1.82) is 0 Å². The van der Waals surface area contributed by atoms with Gasteiger partial charge in [-0.2, -0.15) is 0 Å². The van der Waals surface area contributed by atoms with Gasteiger partial charge in [-0.05, 0) is 13.3 Å². The Morgan fingerprint density at radius 1 is 1.33 bits per heavy atom. The monoisotopic (exact) mass is 265 g/mol. The Kier molecular flexibility index (Phi) is 4.98. The minimum Gasteiger partial charge on any atom is -0.370 e. The Balaban J connectivity index is 2.90. The molecule has 0 saturated carbocycles. The summed E-state index contributed by atoms with van der Waals surface area (Å²) in [6.07, 6.45) is 6.90. The van der Waals surface area contributed by atoms with Crippen molar-refractivity contribution in [3.05, 3.63) is 16.5 Å². The van der Waals surface area contributed by atoms with Crippen LogP contribution in [0.5, 0.6) is 0 Å². The molecule has 0 aliphatic carbocycles. The Hall–Kier alpha value is -1.27. The summed E-state index contributed by atoms with van der Waals surface area (Å²) in [4.78, 5) is 8.87. The number of hydrogen-bond donors (Lipinski definition) is 1. The third-order valence-electron chi connectivity index (χ3n) is 2.55. The van der Waals surface area contributed by atoms with E-state index in [4.69, 9.17) is 18.0 Å². The molecule has 0 aliphatic heterocycles. The lowest BCUT2D eigenvalue weighted by Crippen LogP contribution is -2.18. The smallest absolute Gasteiger partial charge is 0.137 e. The van der Waals surface area contributed by atoms with Gasteiger partial charge < -0.3 is 5.32 Å². The number of rotatable bonds is 4. The fraction of sp³-hybridized carbons (Fsp3) is 0.571. The second-order valence-corrected chi connectivity index (χ2v) is 5.65. The fourth-order valence-electron chi connectivity index (χ4n) is 1.39. The van der Waals surface area contributed by atoms with Crippen molar-refractivity contribution in [1.82, 2.24) is 9.97 Å². The molecule has 0 bridgehead atoms. The Bertz CT molecular complexity index is 455. The Morgan fingerprint density at radius 3 is 2.56 bits per heavy atom. The molecule has 1 rings (SSSR count). The Labute approximate surface area is 114 Å². The lowest BCUT2D eigenvalue weighted by molar-refractivity contribution is 0.545. The van der Waals surface area contributed by atoms with Crippen LogP contribution in [0, 0.1) is 19.3 Å². The molecule has 1 heterocycles. The summed E-state index contributed by atoms with van der Waals surface area (Å²) in [6.45, 7) is 8.91. The van der Waals surface area contributed by atoms with Gasteiger partial charge in [0.2, 0.25) is 0 Å². The van der Waals surface area contributed by atoms with E-state index in [1.54, 1.807) is 0 Å². The van der Waals surface area contributed by atoms with Gasteiger partial charge in [0.05, 0.1) is 0 Å². The van der Waals surface area contributed by atoms with Gasteiger partial charge in [0, 0.05) is 23.9 Å². The molecule has 0 spiro atoms. The molecule has 98 valence electrons. The summed E-state index contributed by atoms with van der Waals surface area (Å²) in [6, 6.07) is 0. The van der Waals surface area contributed by atoms with Crippen molar-refractivity contribution in [2.45, 2.75) is 46.0 Å². The van der Waals surface area contributed by atoms with E-state index in [0.29, 0.717) is 5.15 Å². The summed E-state index contributed by atoms with van der Waals surface area (Å²) in [5, 5.41) is 3.78. The van der Waals surface area contributed by atoms with Crippen LogP contribution in [0.4, 0.5) is 5.82 Å². The number of halogens is 1. The van der Waals surface area contributed by atoms with Gasteiger partial charge in [0.25, 0.3) is 0 Å². The van der Waals surface area contributed by atoms with Crippen LogP contribution in [0.2, 0.25) is 5.15 Å². The van der Waals surface area contributed by atoms with E-state index in [0.717, 1.165) is 36.6 Å². The first kappa shape index (κ1) is 14.8. The highest BCUT2D eigenvalue weighted by atomic mass is 35.5. The normalized spacial score (nSPS) is 11.1. The minimum absolute atomic E-state index is 0.118. The number of nitrogens with zero attached hydrogens (tertiary/aromatic N) is 2. The van der Waals surface area contributed by atoms with Crippen molar-refractivity contribution in [3.63, 3.8) is 0 Å². The quantitative estimate of drug-likeness (QED) is 0.514.